The van der Waals surface area contributed by atoms with Crippen molar-refractivity contribution in [1.82, 2.24) is 15.2 Å². The Morgan fingerprint density at radius 2 is 1.89 bits per heavy atom. The zero-order chi connectivity index (χ0) is 26.6. The van der Waals surface area contributed by atoms with E-state index in [0.29, 0.717) is 35.1 Å². The van der Waals surface area contributed by atoms with Gasteiger partial charge in [-0.3, -0.25) is 9.59 Å². The van der Waals surface area contributed by atoms with Gasteiger partial charge in [0.2, 0.25) is 5.91 Å². The third-order valence-corrected chi connectivity index (χ3v) is 7.60. The number of likely N-dealkylation sites (tertiary alicyclic amines) is 1. The number of alkyl halides is 2. The van der Waals surface area contributed by atoms with Crippen molar-refractivity contribution in [3.63, 3.8) is 0 Å². The van der Waals surface area contributed by atoms with Crippen LogP contribution >= 0.6 is 11.6 Å². The lowest BCUT2D eigenvalue weighted by molar-refractivity contribution is -0.122. The van der Waals surface area contributed by atoms with Crippen LogP contribution < -0.4 is 15.8 Å². The quantitative estimate of drug-likeness (QED) is 0.488. The normalized spacial score (nSPS) is 22.7. The summed E-state index contributed by atoms with van der Waals surface area (Å²) in [5.41, 5.74) is 9.65. The van der Waals surface area contributed by atoms with Crippen LogP contribution in [0, 0.1) is 5.92 Å². The number of ether oxygens (including phenoxy) is 1. The molecule has 7 nitrogen and oxygen atoms in total. The summed E-state index contributed by atoms with van der Waals surface area (Å²) >= 11 is 6.53. The number of nitrogens with two attached hydrogens (primary N) is 1. The summed E-state index contributed by atoms with van der Waals surface area (Å²) in [7, 11) is 0. The van der Waals surface area contributed by atoms with Crippen LogP contribution in [0.5, 0.6) is 5.75 Å². The molecule has 1 saturated carbocycles. The Morgan fingerprint density at radius 1 is 1.13 bits per heavy atom. The number of hydrogen-bond donors (Lipinski definition) is 2. The van der Waals surface area contributed by atoms with Gasteiger partial charge >= 0.3 is 0 Å². The number of anilines is 1. The molecule has 10 heteroatoms. The summed E-state index contributed by atoms with van der Waals surface area (Å²) in [5.74, 6) is -2.06. The van der Waals surface area contributed by atoms with Crippen molar-refractivity contribution in [3.8, 4) is 16.9 Å². The highest BCUT2D eigenvalue weighted by Crippen LogP contribution is 2.47. The van der Waals surface area contributed by atoms with Gasteiger partial charge in [0.15, 0.2) is 0 Å². The maximum Gasteiger partial charge on any atom is 0.282 e. The summed E-state index contributed by atoms with van der Waals surface area (Å²) in [5, 5.41) is 3.47. The lowest BCUT2D eigenvalue weighted by Crippen LogP contribution is -2.58. The van der Waals surface area contributed by atoms with E-state index >= 15 is 0 Å². The highest BCUT2D eigenvalue weighted by molar-refractivity contribution is 6.32. The second-order valence-corrected chi connectivity index (χ2v) is 10.6. The first-order chi connectivity index (χ1) is 18.2. The van der Waals surface area contributed by atoms with Gasteiger partial charge in [-0.25, -0.2) is 13.8 Å². The molecule has 1 saturated heterocycles. The SMILES string of the molecule is Nc1ccc([C@@H]2CC2C(=O)NCC2Cc3cc(-c4ccc(C(=O)N5CC(F)(F)C5)cc4)cc(Cl)c3O2)cn1. The van der Waals surface area contributed by atoms with E-state index in [2.05, 4.69) is 10.3 Å². The molecule has 38 heavy (non-hydrogen) atoms. The number of hydrogen-bond acceptors (Lipinski definition) is 5. The lowest BCUT2D eigenvalue weighted by atomic mass is 9.99. The van der Waals surface area contributed by atoms with Crippen LogP contribution in [0.25, 0.3) is 11.1 Å². The highest BCUT2D eigenvalue weighted by Gasteiger charge is 2.46. The van der Waals surface area contributed by atoms with Crippen LogP contribution in [0.2, 0.25) is 5.02 Å². The van der Waals surface area contributed by atoms with Crippen molar-refractivity contribution in [1.29, 1.82) is 0 Å². The smallest absolute Gasteiger partial charge is 0.282 e. The van der Waals surface area contributed by atoms with Gasteiger partial charge in [0.25, 0.3) is 11.8 Å². The number of nitrogens with zero attached hydrogens (tertiary/aromatic N) is 2. The predicted molar refractivity (Wildman–Crippen MR) is 138 cm³/mol. The van der Waals surface area contributed by atoms with Crippen LogP contribution in [-0.4, -0.2) is 53.4 Å². The number of aromatic nitrogens is 1. The molecule has 3 aliphatic rings. The number of carbonyl (C=O) groups excluding carboxylic acids is 2. The fourth-order valence-electron chi connectivity index (χ4n) is 5.15. The number of carbonyl (C=O) groups is 2. The monoisotopic (exact) mass is 538 g/mol. The van der Waals surface area contributed by atoms with Gasteiger partial charge in [-0.2, -0.15) is 0 Å². The molecule has 2 aromatic carbocycles. The number of halogens is 3. The molecule has 0 radical (unpaired) electrons. The molecule has 3 aromatic rings. The highest BCUT2D eigenvalue weighted by atomic mass is 35.5. The zero-order valence-corrected chi connectivity index (χ0v) is 21.1. The number of nitrogens with one attached hydrogen (secondary N) is 1. The second-order valence-electron chi connectivity index (χ2n) is 10.2. The van der Waals surface area contributed by atoms with Gasteiger partial charge in [0, 0.05) is 29.7 Å². The minimum absolute atomic E-state index is 0.00486. The predicted octanol–water partition coefficient (Wildman–Crippen LogP) is 4.30. The number of benzene rings is 2. The lowest BCUT2D eigenvalue weighted by Gasteiger charge is -2.38. The molecule has 0 bridgehead atoms. The molecular formula is C28H25ClF2N4O3. The van der Waals surface area contributed by atoms with Gasteiger partial charge in [-0.15, -0.1) is 0 Å². The first-order valence-electron chi connectivity index (χ1n) is 12.4. The van der Waals surface area contributed by atoms with E-state index < -0.39 is 24.9 Å². The third-order valence-electron chi connectivity index (χ3n) is 7.32. The van der Waals surface area contributed by atoms with Crippen molar-refractivity contribution in [2.45, 2.75) is 30.8 Å². The summed E-state index contributed by atoms with van der Waals surface area (Å²) < 4.78 is 32.2. The van der Waals surface area contributed by atoms with Gasteiger partial charge < -0.3 is 20.7 Å². The van der Waals surface area contributed by atoms with Gasteiger partial charge in [0.05, 0.1) is 24.7 Å². The van der Waals surface area contributed by atoms with E-state index in [1.165, 1.54) is 0 Å². The molecular weight excluding hydrogens is 514 g/mol. The largest absolute Gasteiger partial charge is 0.486 e. The maximum absolute atomic E-state index is 13.1. The van der Waals surface area contributed by atoms with Crippen molar-refractivity contribution in [3.05, 3.63) is 76.4 Å². The summed E-state index contributed by atoms with van der Waals surface area (Å²) in [6, 6.07) is 14.3. The number of nitrogen functional groups attached to an aromatic ring is 1. The fourth-order valence-corrected chi connectivity index (χ4v) is 5.43. The van der Waals surface area contributed by atoms with E-state index in [0.717, 1.165) is 33.6 Å². The molecule has 3 heterocycles. The van der Waals surface area contributed by atoms with Crippen molar-refractivity contribution < 1.29 is 23.1 Å². The number of amides is 2. The topological polar surface area (TPSA) is 97.5 Å². The number of rotatable bonds is 6. The molecule has 2 fully saturated rings. The molecule has 6 rings (SSSR count). The molecule has 0 spiro atoms. The maximum atomic E-state index is 13.1. The Labute approximate surface area is 222 Å². The Balaban J connectivity index is 1.06. The first kappa shape index (κ1) is 24.6. The van der Waals surface area contributed by atoms with Crippen molar-refractivity contribution in [2.75, 3.05) is 25.4 Å². The zero-order valence-electron chi connectivity index (χ0n) is 20.3. The summed E-state index contributed by atoms with van der Waals surface area (Å²) in [6.07, 6.45) is 2.88. The summed E-state index contributed by atoms with van der Waals surface area (Å²) in [6.45, 7) is -0.720. The molecule has 3 N–H and O–H groups in total. The molecule has 1 aromatic heterocycles. The van der Waals surface area contributed by atoms with E-state index in [1.54, 1.807) is 42.6 Å². The first-order valence-corrected chi connectivity index (χ1v) is 12.8. The standard InChI is InChI=1S/C28H25ClF2N4O3/c29-23-9-18(15-1-3-16(4-2-15)27(37)35-13-28(30,31)14-35)7-19-8-20(38-25(19)23)12-34-26(36)22-10-21(22)17-5-6-24(32)33-11-17/h1-7,9,11,20-22H,8,10,12-14H2,(H2,32,33)(H,34,36)/t20?,21-,22?/m0/s1. The minimum Gasteiger partial charge on any atom is -0.486 e. The number of fused-ring (bicyclic) bond motifs is 1. The Hall–Kier alpha value is -3.72. The van der Waals surface area contributed by atoms with Crippen LogP contribution in [-0.2, 0) is 11.2 Å². The van der Waals surface area contributed by atoms with E-state index in [-0.39, 0.29) is 23.8 Å². The molecule has 3 atom stereocenters. The van der Waals surface area contributed by atoms with Crippen LogP contribution in [0.1, 0.15) is 33.8 Å². The van der Waals surface area contributed by atoms with E-state index in [9.17, 15) is 18.4 Å². The Morgan fingerprint density at radius 3 is 2.58 bits per heavy atom. The molecule has 1 aliphatic carbocycles. The molecule has 2 aliphatic heterocycles. The van der Waals surface area contributed by atoms with Crippen molar-refractivity contribution in [2.24, 2.45) is 5.92 Å². The summed E-state index contributed by atoms with van der Waals surface area (Å²) in [4.78, 5) is 30.3. The van der Waals surface area contributed by atoms with E-state index in [1.807, 2.05) is 12.1 Å². The molecule has 196 valence electrons. The third kappa shape index (κ3) is 4.78. The molecule has 2 amide bonds. The Bertz CT molecular complexity index is 1410. The van der Waals surface area contributed by atoms with Gasteiger partial charge in [-0.1, -0.05) is 29.8 Å². The Kier molecular flexibility index (Phi) is 5.98. The fraction of sp³-hybridized carbons (Fsp3) is 0.321. The second kappa shape index (κ2) is 9.23. The molecule has 2 unspecified atom stereocenters. The van der Waals surface area contributed by atoms with Crippen LogP contribution in [0.3, 0.4) is 0 Å². The number of pyridine rings is 1. The average molecular weight is 539 g/mol. The van der Waals surface area contributed by atoms with Crippen LogP contribution in [0.15, 0.2) is 54.7 Å². The van der Waals surface area contributed by atoms with E-state index in [4.69, 9.17) is 22.1 Å². The van der Waals surface area contributed by atoms with Crippen LogP contribution in [0.4, 0.5) is 14.6 Å². The van der Waals surface area contributed by atoms with Crippen molar-refractivity contribution >= 4 is 29.2 Å². The van der Waals surface area contributed by atoms with Gasteiger partial charge in [0.1, 0.15) is 17.7 Å². The minimum atomic E-state index is -2.80. The van der Waals surface area contributed by atoms with Gasteiger partial charge in [-0.05, 0) is 59.4 Å². The average Bonchev–Trinajstić information content (AvgIpc) is 3.57.